The van der Waals surface area contributed by atoms with E-state index in [0.717, 1.165) is 23.3 Å². The molecule has 10 heteroatoms. The third-order valence-corrected chi connectivity index (χ3v) is 7.46. The molecule has 2 heterocycles. The van der Waals surface area contributed by atoms with Gasteiger partial charge in [-0.1, -0.05) is 48.2 Å². The molecule has 1 aliphatic carbocycles. The Labute approximate surface area is 194 Å². The molecule has 0 radical (unpaired) electrons. The van der Waals surface area contributed by atoms with E-state index in [9.17, 15) is 14.4 Å². The summed E-state index contributed by atoms with van der Waals surface area (Å²) in [4.78, 5) is 43.5. The molecule has 1 saturated carbocycles. The lowest BCUT2D eigenvalue weighted by Crippen LogP contribution is -2.44. The van der Waals surface area contributed by atoms with Crippen LogP contribution in [0.25, 0.3) is 0 Å². The molecule has 0 bridgehead atoms. The van der Waals surface area contributed by atoms with Crippen molar-refractivity contribution in [1.29, 1.82) is 0 Å². The van der Waals surface area contributed by atoms with Gasteiger partial charge in [0, 0.05) is 30.5 Å². The van der Waals surface area contributed by atoms with Gasteiger partial charge in [-0.15, -0.1) is 11.3 Å². The van der Waals surface area contributed by atoms with E-state index < -0.39 is 5.54 Å². The summed E-state index contributed by atoms with van der Waals surface area (Å²) in [5, 5.41) is 7.14. The number of carbonyl (C=O) groups excluding carboxylic acids is 3. The van der Waals surface area contributed by atoms with Crippen molar-refractivity contribution in [3.05, 3.63) is 44.9 Å². The SMILES string of the molecule is O=C(CCCN1C(=O)NC2(CCCC2)C1=O)Nc1ncc(Cc2cccc(Cl)c2Cl)s1. The molecular formula is C21H22Cl2N4O3S. The highest BCUT2D eigenvalue weighted by atomic mass is 35.5. The van der Waals surface area contributed by atoms with Crippen LogP contribution in [0.3, 0.4) is 0 Å². The molecule has 2 aliphatic rings. The Kier molecular flexibility index (Phi) is 6.50. The number of hydrogen-bond acceptors (Lipinski definition) is 5. The first-order chi connectivity index (χ1) is 14.9. The molecule has 1 aliphatic heterocycles. The Morgan fingerprint density at radius 2 is 2.03 bits per heavy atom. The highest BCUT2D eigenvalue weighted by Crippen LogP contribution is 2.35. The van der Waals surface area contributed by atoms with E-state index in [1.54, 1.807) is 12.3 Å². The highest BCUT2D eigenvalue weighted by molar-refractivity contribution is 7.15. The largest absolute Gasteiger partial charge is 0.325 e. The molecular weight excluding hydrogens is 459 g/mol. The standard InChI is InChI=1S/C21H22Cl2N4O3S/c22-15-6-3-5-13(17(15)23)11-14-12-24-19(31-14)25-16(28)7-4-10-27-18(29)21(26-20(27)30)8-1-2-9-21/h3,5-6,12H,1-2,4,7-11H2,(H,26,30)(H,24,25,28). The van der Waals surface area contributed by atoms with Gasteiger partial charge in [-0.3, -0.25) is 14.5 Å². The average molecular weight is 481 g/mol. The Morgan fingerprint density at radius 1 is 1.26 bits per heavy atom. The average Bonchev–Trinajstić information content (AvgIpc) is 3.43. The number of anilines is 1. The second-order valence-corrected chi connectivity index (χ2v) is 9.75. The van der Waals surface area contributed by atoms with Crippen LogP contribution in [-0.2, 0) is 16.0 Å². The van der Waals surface area contributed by atoms with E-state index in [1.165, 1.54) is 16.2 Å². The number of rotatable bonds is 7. The lowest BCUT2D eigenvalue weighted by molar-refractivity contribution is -0.131. The zero-order chi connectivity index (χ0) is 22.0. The van der Waals surface area contributed by atoms with Gasteiger partial charge in [0.15, 0.2) is 5.13 Å². The van der Waals surface area contributed by atoms with Crippen LogP contribution >= 0.6 is 34.5 Å². The third kappa shape index (κ3) is 4.71. The lowest BCUT2D eigenvalue weighted by atomic mass is 9.98. The predicted octanol–water partition coefficient (Wildman–Crippen LogP) is 4.62. The Bertz CT molecular complexity index is 1020. The molecule has 7 nitrogen and oxygen atoms in total. The van der Waals surface area contributed by atoms with Crippen molar-refractivity contribution in [3.63, 3.8) is 0 Å². The maximum Gasteiger partial charge on any atom is 0.325 e. The number of imide groups is 1. The van der Waals surface area contributed by atoms with Crippen LogP contribution in [0.4, 0.5) is 9.93 Å². The summed E-state index contributed by atoms with van der Waals surface area (Å²) in [5.41, 5.74) is 0.187. The minimum absolute atomic E-state index is 0.153. The van der Waals surface area contributed by atoms with Gasteiger partial charge in [0.05, 0.1) is 10.0 Å². The zero-order valence-corrected chi connectivity index (χ0v) is 19.1. The fourth-order valence-corrected chi connectivity index (χ4v) is 5.33. The van der Waals surface area contributed by atoms with Crippen LogP contribution in [0.15, 0.2) is 24.4 Å². The van der Waals surface area contributed by atoms with Crippen molar-refractivity contribution >= 4 is 57.5 Å². The second-order valence-electron chi connectivity index (χ2n) is 7.85. The van der Waals surface area contributed by atoms with Crippen LogP contribution < -0.4 is 10.6 Å². The summed E-state index contributed by atoms with van der Waals surface area (Å²) in [6.07, 6.45) is 6.15. The van der Waals surface area contributed by atoms with E-state index in [0.29, 0.717) is 40.9 Å². The van der Waals surface area contributed by atoms with Crippen molar-refractivity contribution in [2.24, 2.45) is 0 Å². The second kappa shape index (κ2) is 9.14. The van der Waals surface area contributed by atoms with Gasteiger partial charge in [0.2, 0.25) is 5.91 Å². The molecule has 1 saturated heterocycles. The summed E-state index contributed by atoms with van der Waals surface area (Å²) in [6, 6.07) is 5.13. The number of thiazole rings is 1. The summed E-state index contributed by atoms with van der Waals surface area (Å²) in [7, 11) is 0. The molecule has 164 valence electrons. The molecule has 4 amide bonds. The van der Waals surface area contributed by atoms with Crippen molar-refractivity contribution in [2.75, 3.05) is 11.9 Å². The van der Waals surface area contributed by atoms with Gasteiger partial charge in [0.25, 0.3) is 5.91 Å². The Morgan fingerprint density at radius 3 is 2.81 bits per heavy atom. The normalized spacial score (nSPS) is 17.4. The lowest BCUT2D eigenvalue weighted by Gasteiger charge is -2.19. The van der Waals surface area contributed by atoms with Crippen molar-refractivity contribution in [2.45, 2.75) is 50.5 Å². The number of benzene rings is 1. The minimum atomic E-state index is -0.706. The number of urea groups is 1. The summed E-state index contributed by atoms with van der Waals surface area (Å²) >= 11 is 13.7. The summed E-state index contributed by atoms with van der Waals surface area (Å²) in [6.45, 7) is 0.232. The first-order valence-corrected chi connectivity index (χ1v) is 11.8. The molecule has 1 aromatic carbocycles. The van der Waals surface area contributed by atoms with Gasteiger partial charge in [-0.2, -0.15) is 0 Å². The van der Waals surface area contributed by atoms with Crippen LogP contribution in [-0.4, -0.2) is 39.8 Å². The molecule has 1 aromatic heterocycles. The monoisotopic (exact) mass is 480 g/mol. The van der Waals surface area contributed by atoms with Gasteiger partial charge >= 0.3 is 6.03 Å². The molecule has 2 aromatic rings. The van der Waals surface area contributed by atoms with Gasteiger partial charge in [-0.05, 0) is 30.9 Å². The fraction of sp³-hybridized carbons (Fsp3) is 0.429. The first kappa shape index (κ1) is 22.0. The topological polar surface area (TPSA) is 91.4 Å². The number of nitrogens with one attached hydrogen (secondary N) is 2. The highest BCUT2D eigenvalue weighted by Gasteiger charge is 2.52. The maximum atomic E-state index is 12.6. The molecule has 2 fully saturated rings. The smallest absolute Gasteiger partial charge is 0.323 e. The molecule has 0 atom stereocenters. The van der Waals surface area contributed by atoms with Gasteiger partial charge in [0.1, 0.15) is 5.54 Å². The number of hydrogen-bond donors (Lipinski definition) is 2. The van der Waals surface area contributed by atoms with Crippen molar-refractivity contribution in [3.8, 4) is 0 Å². The van der Waals surface area contributed by atoms with Gasteiger partial charge < -0.3 is 10.6 Å². The molecule has 31 heavy (non-hydrogen) atoms. The number of aromatic nitrogens is 1. The minimum Gasteiger partial charge on any atom is -0.323 e. The van der Waals surface area contributed by atoms with E-state index >= 15 is 0 Å². The molecule has 1 spiro atoms. The van der Waals surface area contributed by atoms with E-state index in [2.05, 4.69) is 15.6 Å². The Hall–Kier alpha value is -2.16. The predicted molar refractivity (Wildman–Crippen MR) is 121 cm³/mol. The van der Waals surface area contributed by atoms with Crippen molar-refractivity contribution < 1.29 is 14.4 Å². The molecule has 0 unspecified atom stereocenters. The van der Waals surface area contributed by atoms with Crippen LogP contribution in [0.5, 0.6) is 0 Å². The first-order valence-electron chi connectivity index (χ1n) is 10.2. The van der Waals surface area contributed by atoms with Crippen LogP contribution in [0.1, 0.15) is 49.0 Å². The Balaban J connectivity index is 1.26. The van der Waals surface area contributed by atoms with Gasteiger partial charge in [-0.25, -0.2) is 9.78 Å². The molecule has 4 rings (SSSR count). The quantitative estimate of drug-likeness (QED) is 0.565. The number of nitrogens with zero attached hydrogens (tertiary/aromatic N) is 2. The number of amides is 4. The van der Waals surface area contributed by atoms with E-state index in [-0.39, 0.29) is 30.8 Å². The van der Waals surface area contributed by atoms with E-state index in [1.807, 2.05) is 12.1 Å². The number of carbonyl (C=O) groups is 3. The summed E-state index contributed by atoms with van der Waals surface area (Å²) < 4.78 is 0. The third-order valence-electron chi connectivity index (χ3n) is 5.68. The summed E-state index contributed by atoms with van der Waals surface area (Å²) in [5.74, 6) is -0.357. The van der Waals surface area contributed by atoms with Crippen LogP contribution in [0, 0.1) is 0 Å². The fourth-order valence-electron chi connectivity index (χ4n) is 4.10. The number of halogens is 2. The maximum absolute atomic E-state index is 12.6. The van der Waals surface area contributed by atoms with Crippen LogP contribution in [0.2, 0.25) is 10.0 Å². The van der Waals surface area contributed by atoms with Crippen molar-refractivity contribution in [1.82, 2.24) is 15.2 Å². The van der Waals surface area contributed by atoms with E-state index in [4.69, 9.17) is 23.2 Å². The molecule has 2 N–H and O–H groups in total. The zero-order valence-electron chi connectivity index (χ0n) is 16.7.